The summed E-state index contributed by atoms with van der Waals surface area (Å²) in [7, 11) is 0. The molecule has 3 fully saturated rings. The van der Waals surface area contributed by atoms with E-state index < -0.39 is 0 Å². The number of carbonyl (C=O) groups excluding carboxylic acids is 1. The number of fused-ring (bicyclic) bond motifs is 5. The van der Waals surface area contributed by atoms with Crippen LogP contribution in [0.3, 0.4) is 0 Å². The zero-order chi connectivity index (χ0) is 14.0. The molecule has 0 aromatic rings. The topological polar surface area (TPSA) is 29.1 Å². The molecule has 0 aromatic carbocycles. The Morgan fingerprint density at radius 1 is 1.15 bits per heavy atom. The van der Waals surface area contributed by atoms with Crippen LogP contribution in [0.4, 0.5) is 0 Å². The van der Waals surface area contributed by atoms with Gasteiger partial charge in [-0.1, -0.05) is 26.3 Å². The molecule has 1 N–H and O–H groups in total. The summed E-state index contributed by atoms with van der Waals surface area (Å²) in [6.45, 7) is 4.97. The van der Waals surface area contributed by atoms with Gasteiger partial charge in [-0.2, -0.15) is 0 Å². The first-order chi connectivity index (χ1) is 9.53. The highest BCUT2D eigenvalue weighted by molar-refractivity contribution is 5.79. The molecule has 0 aromatic heterocycles. The third kappa shape index (κ3) is 1.60. The fourth-order valence-electron chi connectivity index (χ4n) is 6.19. The highest BCUT2D eigenvalue weighted by atomic mass is 16.1. The molecule has 110 valence electrons. The van der Waals surface area contributed by atoms with Crippen molar-refractivity contribution in [2.45, 2.75) is 65.2 Å². The van der Waals surface area contributed by atoms with E-state index in [4.69, 9.17) is 0 Å². The predicted molar refractivity (Wildman–Crippen MR) is 79.8 cm³/mol. The van der Waals surface area contributed by atoms with Gasteiger partial charge in [-0.25, -0.2) is 0 Å². The Labute approximate surface area is 122 Å². The van der Waals surface area contributed by atoms with Crippen molar-refractivity contribution >= 4 is 5.91 Å². The summed E-state index contributed by atoms with van der Waals surface area (Å²) < 4.78 is 0. The zero-order valence-electron chi connectivity index (χ0n) is 12.9. The molecule has 1 saturated heterocycles. The molecule has 0 spiro atoms. The molecule has 0 radical (unpaired) electrons. The third-order valence-corrected chi connectivity index (χ3v) is 7.39. The highest BCUT2D eigenvalue weighted by Gasteiger charge is 2.55. The normalized spacial score (nSPS) is 50.6. The Bertz CT molecular complexity index is 482. The fraction of sp³-hybridized carbons (Fsp3) is 0.833. The van der Waals surface area contributed by atoms with E-state index in [-0.39, 0.29) is 11.3 Å². The van der Waals surface area contributed by atoms with Crippen LogP contribution < -0.4 is 5.32 Å². The summed E-state index contributed by atoms with van der Waals surface area (Å²) in [5.41, 5.74) is 2.14. The number of rotatable bonds is 0. The van der Waals surface area contributed by atoms with Gasteiger partial charge in [0.2, 0.25) is 5.91 Å². The van der Waals surface area contributed by atoms with Gasteiger partial charge < -0.3 is 5.32 Å². The summed E-state index contributed by atoms with van der Waals surface area (Å²) in [5.74, 6) is 2.85. The standard InChI is InChI=1S/C18H27NO/c1-17-9-3-4-13(17)12-5-6-15-18(2,14(12)7-10-17)11-8-16(20)19-15/h6,12-14H,3-5,7-11H2,1-2H3,(H,19,20)/t12-,13-,14+,17-,18+/m0/s1. The second-order valence-corrected chi connectivity index (χ2v) is 8.28. The van der Waals surface area contributed by atoms with Gasteiger partial charge in [-0.3, -0.25) is 4.79 Å². The number of nitrogens with one attached hydrogen (secondary N) is 1. The summed E-state index contributed by atoms with van der Waals surface area (Å²) >= 11 is 0. The van der Waals surface area contributed by atoms with Crippen LogP contribution in [-0.2, 0) is 4.79 Å². The molecule has 1 amide bonds. The highest BCUT2D eigenvalue weighted by Crippen LogP contribution is 2.63. The molecule has 1 aliphatic heterocycles. The monoisotopic (exact) mass is 273 g/mol. The van der Waals surface area contributed by atoms with Crippen LogP contribution in [0.25, 0.3) is 0 Å². The van der Waals surface area contributed by atoms with E-state index in [9.17, 15) is 4.79 Å². The minimum atomic E-state index is 0.230. The van der Waals surface area contributed by atoms with Gasteiger partial charge in [0, 0.05) is 17.5 Å². The number of piperidine rings is 1. The lowest BCUT2D eigenvalue weighted by Crippen LogP contribution is -2.52. The molecule has 5 atom stereocenters. The van der Waals surface area contributed by atoms with Crippen LogP contribution in [0.15, 0.2) is 11.8 Å². The minimum Gasteiger partial charge on any atom is -0.330 e. The summed E-state index contributed by atoms with van der Waals surface area (Å²) in [6.07, 6.45) is 12.5. The lowest BCUT2D eigenvalue weighted by molar-refractivity contribution is -0.124. The number of allylic oxidation sites excluding steroid dienone is 2. The van der Waals surface area contributed by atoms with Crippen molar-refractivity contribution in [2.24, 2.45) is 28.6 Å². The first-order valence-corrected chi connectivity index (χ1v) is 8.53. The van der Waals surface area contributed by atoms with Crippen molar-refractivity contribution in [3.8, 4) is 0 Å². The second-order valence-electron chi connectivity index (χ2n) is 8.28. The SMILES string of the molecule is C[C@@]12CCC[C@H]1[C@@H]1CC=C3NC(=O)CC[C@]3(C)[C@@H]1CC2. The molecule has 4 aliphatic rings. The van der Waals surface area contributed by atoms with E-state index in [1.54, 1.807) is 0 Å². The molecule has 2 heteroatoms. The van der Waals surface area contributed by atoms with Gasteiger partial charge in [-0.15, -0.1) is 0 Å². The van der Waals surface area contributed by atoms with Crippen LogP contribution in [0.2, 0.25) is 0 Å². The van der Waals surface area contributed by atoms with Crippen molar-refractivity contribution in [1.29, 1.82) is 0 Å². The van der Waals surface area contributed by atoms with Gasteiger partial charge in [0.15, 0.2) is 0 Å². The molecule has 3 aliphatic carbocycles. The lowest BCUT2D eigenvalue weighted by atomic mass is 9.50. The van der Waals surface area contributed by atoms with Gasteiger partial charge in [0.25, 0.3) is 0 Å². The van der Waals surface area contributed by atoms with E-state index in [0.29, 0.717) is 5.41 Å². The van der Waals surface area contributed by atoms with Crippen molar-refractivity contribution in [1.82, 2.24) is 5.32 Å². The van der Waals surface area contributed by atoms with Crippen LogP contribution in [0.5, 0.6) is 0 Å². The maximum Gasteiger partial charge on any atom is 0.224 e. The van der Waals surface area contributed by atoms with Gasteiger partial charge in [0.05, 0.1) is 0 Å². The second kappa shape index (κ2) is 4.11. The van der Waals surface area contributed by atoms with E-state index in [2.05, 4.69) is 25.2 Å². The van der Waals surface area contributed by atoms with E-state index in [1.165, 1.54) is 44.2 Å². The number of amides is 1. The van der Waals surface area contributed by atoms with Gasteiger partial charge in [0.1, 0.15) is 0 Å². The third-order valence-electron chi connectivity index (χ3n) is 7.39. The maximum absolute atomic E-state index is 11.7. The average Bonchev–Trinajstić information content (AvgIpc) is 2.81. The number of hydrogen-bond acceptors (Lipinski definition) is 1. The largest absolute Gasteiger partial charge is 0.330 e. The van der Waals surface area contributed by atoms with Crippen LogP contribution in [0.1, 0.15) is 65.2 Å². The Hall–Kier alpha value is -0.790. The number of hydrogen-bond donors (Lipinski definition) is 1. The molecular weight excluding hydrogens is 246 g/mol. The summed E-state index contributed by atoms with van der Waals surface area (Å²) in [6, 6.07) is 0. The van der Waals surface area contributed by atoms with E-state index in [1.807, 2.05) is 0 Å². The molecule has 4 rings (SSSR count). The first kappa shape index (κ1) is 12.9. The quantitative estimate of drug-likeness (QED) is 0.709. The molecule has 20 heavy (non-hydrogen) atoms. The Morgan fingerprint density at radius 2 is 2.00 bits per heavy atom. The molecule has 0 bridgehead atoms. The molecule has 2 saturated carbocycles. The van der Waals surface area contributed by atoms with Gasteiger partial charge >= 0.3 is 0 Å². The summed E-state index contributed by atoms with van der Waals surface area (Å²) in [4.78, 5) is 11.7. The van der Waals surface area contributed by atoms with Gasteiger partial charge in [-0.05, 0) is 61.7 Å². The Balaban J connectivity index is 1.70. The van der Waals surface area contributed by atoms with E-state index >= 15 is 0 Å². The molecule has 2 nitrogen and oxygen atoms in total. The molecule has 0 unspecified atom stereocenters. The predicted octanol–water partition coefficient (Wildman–Crippen LogP) is 4.02. The Kier molecular flexibility index (Phi) is 2.66. The first-order valence-electron chi connectivity index (χ1n) is 8.53. The molecular formula is C18H27NO. The average molecular weight is 273 g/mol. The molecule has 1 heterocycles. The van der Waals surface area contributed by atoms with Crippen molar-refractivity contribution in [2.75, 3.05) is 0 Å². The van der Waals surface area contributed by atoms with Crippen LogP contribution >= 0.6 is 0 Å². The lowest BCUT2D eigenvalue weighted by Gasteiger charge is -2.56. The van der Waals surface area contributed by atoms with Crippen molar-refractivity contribution < 1.29 is 4.79 Å². The summed E-state index contributed by atoms with van der Waals surface area (Å²) in [5, 5.41) is 3.18. The smallest absolute Gasteiger partial charge is 0.224 e. The van der Waals surface area contributed by atoms with Crippen molar-refractivity contribution in [3.63, 3.8) is 0 Å². The zero-order valence-corrected chi connectivity index (χ0v) is 12.9. The van der Waals surface area contributed by atoms with E-state index in [0.717, 1.165) is 30.6 Å². The van der Waals surface area contributed by atoms with Crippen LogP contribution in [-0.4, -0.2) is 5.91 Å². The fourth-order valence-corrected chi connectivity index (χ4v) is 6.19. The minimum absolute atomic E-state index is 0.230. The van der Waals surface area contributed by atoms with Crippen molar-refractivity contribution in [3.05, 3.63) is 11.8 Å². The number of carbonyl (C=O) groups is 1. The Morgan fingerprint density at radius 3 is 2.85 bits per heavy atom. The van der Waals surface area contributed by atoms with Crippen LogP contribution in [0, 0.1) is 28.6 Å². The maximum atomic E-state index is 11.7.